The van der Waals surface area contributed by atoms with Crippen molar-refractivity contribution < 1.29 is 14.6 Å². The van der Waals surface area contributed by atoms with Gasteiger partial charge in [-0.15, -0.1) is 0 Å². The van der Waals surface area contributed by atoms with Crippen molar-refractivity contribution in [2.45, 2.75) is 19.3 Å². The minimum absolute atomic E-state index is 0.0846. The van der Waals surface area contributed by atoms with Gasteiger partial charge in [0.2, 0.25) is 0 Å². The smallest absolute Gasteiger partial charge is 0.185 e. The average molecular weight is 399 g/mol. The molecule has 2 aromatic carbocycles. The maximum atomic E-state index is 12.8. The van der Waals surface area contributed by atoms with Gasteiger partial charge >= 0.3 is 0 Å². The highest BCUT2D eigenvalue weighted by atomic mass is 79.9. The van der Waals surface area contributed by atoms with Gasteiger partial charge in [-0.1, -0.05) is 24.3 Å². The number of ether oxygens (including phenoxy) is 1. The van der Waals surface area contributed by atoms with Gasteiger partial charge in [0.15, 0.2) is 5.78 Å². The third-order valence-electron chi connectivity index (χ3n) is 4.26. The molecule has 0 aliphatic heterocycles. The number of phenols is 1. The van der Waals surface area contributed by atoms with Gasteiger partial charge in [0.25, 0.3) is 0 Å². The lowest BCUT2D eigenvalue weighted by molar-refractivity contribution is -0.112. The second-order valence-corrected chi connectivity index (χ2v) is 6.83. The number of hydrogen-bond acceptors (Lipinski definition) is 3. The number of carbonyl (C=O) groups is 1. The van der Waals surface area contributed by atoms with Gasteiger partial charge in [-0.2, -0.15) is 0 Å². The molecule has 0 spiro atoms. The quantitative estimate of drug-likeness (QED) is 0.705. The third kappa shape index (κ3) is 4.02. The molecule has 2 aromatic rings. The van der Waals surface area contributed by atoms with Crippen LogP contribution in [0.5, 0.6) is 11.5 Å². The lowest BCUT2D eigenvalue weighted by Gasteiger charge is -2.17. The summed E-state index contributed by atoms with van der Waals surface area (Å²) in [6.07, 6.45) is 6.31. The first-order valence-corrected chi connectivity index (χ1v) is 8.95. The molecule has 0 atom stereocenters. The Morgan fingerprint density at radius 1 is 1.08 bits per heavy atom. The van der Waals surface area contributed by atoms with Gasteiger partial charge in [0, 0.05) is 16.7 Å². The number of phenolic OH excluding ortho intramolecular Hbond substituents is 1. The second-order valence-electron chi connectivity index (χ2n) is 5.97. The first-order valence-electron chi connectivity index (χ1n) is 8.16. The van der Waals surface area contributed by atoms with Crippen molar-refractivity contribution in [3.63, 3.8) is 0 Å². The zero-order chi connectivity index (χ0) is 17.8. The van der Waals surface area contributed by atoms with Gasteiger partial charge in [-0.05, 0) is 71.1 Å². The zero-order valence-corrected chi connectivity index (χ0v) is 15.5. The lowest BCUT2D eigenvalue weighted by atomic mass is 9.87. The molecule has 1 aliphatic carbocycles. The fourth-order valence-electron chi connectivity index (χ4n) is 2.97. The third-order valence-corrected chi connectivity index (χ3v) is 4.89. The van der Waals surface area contributed by atoms with Crippen LogP contribution in [0.25, 0.3) is 12.2 Å². The Hall–Kier alpha value is -2.33. The molecule has 1 fully saturated rings. The van der Waals surface area contributed by atoms with E-state index in [-0.39, 0.29) is 11.5 Å². The summed E-state index contributed by atoms with van der Waals surface area (Å²) in [6, 6.07) is 12.9. The van der Waals surface area contributed by atoms with Gasteiger partial charge < -0.3 is 9.84 Å². The molecule has 1 aliphatic rings. The maximum absolute atomic E-state index is 12.8. The van der Waals surface area contributed by atoms with E-state index in [0.29, 0.717) is 4.47 Å². The van der Waals surface area contributed by atoms with Crippen LogP contribution in [0.3, 0.4) is 0 Å². The van der Waals surface area contributed by atoms with Crippen molar-refractivity contribution in [3.8, 4) is 11.5 Å². The Balaban J connectivity index is 1.91. The highest BCUT2D eigenvalue weighted by molar-refractivity contribution is 9.10. The van der Waals surface area contributed by atoms with Crippen molar-refractivity contribution in [3.05, 3.63) is 69.2 Å². The zero-order valence-electron chi connectivity index (χ0n) is 14.0. The number of allylic oxidation sites excluding steroid dienone is 2. The molecule has 4 heteroatoms. The van der Waals surface area contributed by atoms with Crippen LogP contribution in [0.1, 0.15) is 30.4 Å². The van der Waals surface area contributed by atoms with Crippen LogP contribution in [-0.4, -0.2) is 18.0 Å². The molecule has 0 radical (unpaired) electrons. The molecule has 25 heavy (non-hydrogen) atoms. The maximum Gasteiger partial charge on any atom is 0.185 e. The van der Waals surface area contributed by atoms with E-state index in [9.17, 15) is 9.90 Å². The molecular weight excluding hydrogens is 380 g/mol. The van der Waals surface area contributed by atoms with Crippen LogP contribution >= 0.6 is 15.9 Å². The van der Waals surface area contributed by atoms with Gasteiger partial charge in [-0.25, -0.2) is 0 Å². The summed E-state index contributed by atoms with van der Waals surface area (Å²) in [6.45, 7) is 0. The highest BCUT2D eigenvalue weighted by Crippen LogP contribution is 2.31. The van der Waals surface area contributed by atoms with Gasteiger partial charge in [0.1, 0.15) is 11.5 Å². The highest BCUT2D eigenvalue weighted by Gasteiger charge is 2.21. The topological polar surface area (TPSA) is 46.5 Å². The number of halogens is 1. The summed E-state index contributed by atoms with van der Waals surface area (Å²) in [4.78, 5) is 12.8. The molecule has 1 saturated carbocycles. The molecule has 1 N–H and O–H groups in total. The number of para-hydroxylation sites is 1. The van der Waals surface area contributed by atoms with Crippen LogP contribution in [0.4, 0.5) is 0 Å². The van der Waals surface area contributed by atoms with Crippen molar-refractivity contribution in [1.29, 1.82) is 0 Å². The molecule has 3 nitrogen and oxygen atoms in total. The average Bonchev–Trinajstić information content (AvgIpc) is 2.62. The van der Waals surface area contributed by atoms with E-state index in [2.05, 4.69) is 15.9 Å². The number of carbonyl (C=O) groups excluding carboxylic acids is 1. The van der Waals surface area contributed by atoms with Gasteiger partial charge in [-0.3, -0.25) is 4.79 Å². The molecule has 0 amide bonds. The number of benzene rings is 2. The molecule has 128 valence electrons. The molecule has 0 saturated heterocycles. The number of hydrogen-bond donors (Lipinski definition) is 1. The summed E-state index contributed by atoms with van der Waals surface area (Å²) in [5.74, 6) is 1.04. The van der Waals surface area contributed by atoms with Gasteiger partial charge in [0.05, 0.1) is 11.6 Å². The summed E-state index contributed by atoms with van der Waals surface area (Å²) < 4.78 is 5.99. The van der Waals surface area contributed by atoms with Crippen LogP contribution in [0, 0.1) is 0 Å². The van der Waals surface area contributed by atoms with Crippen molar-refractivity contribution in [1.82, 2.24) is 0 Å². The normalized spacial score (nSPS) is 17.9. The van der Waals surface area contributed by atoms with E-state index < -0.39 is 0 Å². The molecule has 0 unspecified atom stereocenters. The predicted octanol–water partition coefficient (Wildman–Crippen LogP) is 5.38. The predicted molar refractivity (Wildman–Crippen MR) is 104 cm³/mol. The number of rotatable bonds is 3. The van der Waals surface area contributed by atoms with Crippen molar-refractivity contribution in [2.75, 3.05) is 7.11 Å². The largest absolute Gasteiger partial charge is 0.507 e. The number of aromatic hydroxyl groups is 1. The second kappa shape index (κ2) is 7.70. The van der Waals surface area contributed by atoms with Crippen LogP contribution in [0.15, 0.2) is 58.1 Å². The fraction of sp³-hybridized carbons (Fsp3) is 0.190. The number of Topliss-reactive ketones (excluding diaryl/α,β-unsaturated/α-hetero) is 1. The molecule has 0 bridgehead atoms. The first kappa shape index (κ1) is 17.5. The van der Waals surface area contributed by atoms with E-state index in [1.165, 1.54) is 0 Å². The summed E-state index contributed by atoms with van der Waals surface area (Å²) in [5.41, 5.74) is 3.42. The Labute approximate surface area is 155 Å². The standard InChI is InChI=1S/C21H19BrO3/c1-25-20-8-3-2-5-15(20)13-17-7-4-6-16(21(17)24)11-14-9-10-19(23)18(22)12-14/h2-3,5,8-13,23H,4,6-7H2,1H3/b16-11+,17-13+. The van der Waals surface area contributed by atoms with E-state index >= 15 is 0 Å². The van der Waals surface area contributed by atoms with E-state index in [1.807, 2.05) is 42.5 Å². The Morgan fingerprint density at radius 2 is 1.80 bits per heavy atom. The Bertz CT molecular complexity index is 865. The summed E-state index contributed by atoms with van der Waals surface area (Å²) in [5, 5.41) is 9.60. The van der Waals surface area contributed by atoms with Crippen LogP contribution < -0.4 is 4.74 Å². The Morgan fingerprint density at radius 3 is 2.52 bits per heavy atom. The summed E-state index contributed by atoms with van der Waals surface area (Å²) in [7, 11) is 1.63. The molecule has 3 rings (SSSR count). The monoisotopic (exact) mass is 398 g/mol. The Kier molecular flexibility index (Phi) is 5.39. The number of ketones is 1. The van der Waals surface area contributed by atoms with Crippen molar-refractivity contribution in [2.24, 2.45) is 0 Å². The molecular formula is C21H19BrO3. The van der Waals surface area contributed by atoms with E-state index in [0.717, 1.165) is 47.3 Å². The first-order chi connectivity index (χ1) is 12.1. The van der Waals surface area contributed by atoms with E-state index in [1.54, 1.807) is 19.2 Å². The SMILES string of the molecule is COc1ccccc1/C=C1\CCC/C(=C\c2ccc(O)c(Br)c2)C1=O. The lowest BCUT2D eigenvalue weighted by Crippen LogP contribution is -2.12. The van der Waals surface area contributed by atoms with Crippen molar-refractivity contribution >= 4 is 33.9 Å². The number of methoxy groups -OCH3 is 1. The minimum Gasteiger partial charge on any atom is -0.507 e. The summed E-state index contributed by atoms with van der Waals surface area (Å²) >= 11 is 3.31. The molecule has 0 aromatic heterocycles. The van der Waals surface area contributed by atoms with Crippen LogP contribution in [-0.2, 0) is 4.79 Å². The van der Waals surface area contributed by atoms with Crippen LogP contribution in [0.2, 0.25) is 0 Å². The molecule has 0 heterocycles. The van der Waals surface area contributed by atoms with E-state index in [4.69, 9.17) is 4.74 Å². The minimum atomic E-state index is 0.0846. The fourth-order valence-corrected chi connectivity index (χ4v) is 3.36.